The van der Waals surface area contributed by atoms with Crippen molar-refractivity contribution in [1.29, 1.82) is 5.41 Å². The molecule has 1 heterocycles. The molecule has 5 atom stereocenters. The number of ether oxygens (including phenoxy) is 3. The summed E-state index contributed by atoms with van der Waals surface area (Å²) in [6.07, 6.45) is -1.49. The second kappa shape index (κ2) is 15.9. The molecule has 1 saturated heterocycles. The molecule has 3 aromatic rings. The summed E-state index contributed by atoms with van der Waals surface area (Å²) < 4.78 is 42.6. The topological polar surface area (TPSA) is 87.1 Å². The zero-order chi connectivity index (χ0) is 30.9. The van der Waals surface area contributed by atoms with Crippen molar-refractivity contribution in [3.8, 4) is 0 Å². The second-order valence-corrected chi connectivity index (χ2v) is 15.1. The van der Waals surface area contributed by atoms with Gasteiger partial charge in [0, 0.05) is 5.92 Å². The summed E-state index contributed by atoms with van der Waals surface area (Å²) in [6.45, 7) is 4.60. The second-order valence-electron chi connectivity index (χ2n) is 10.6. The summed E-state index contributed by atoms with van der Waals surface area (Å²) in [4.78, 5) is 0. The van der Waals surface area contributed by atoms with Crippen molar-refractivity contribution in [3.63, 3.8) is 0 Å². The van der Waals surface area contributed by atoms with Crippen LogP contribution in [0.4, 0.5) is 0 Å². The monoisotopic (exact) mass is 667 g/mol. The van der Waals surface area contributed by atoms with Gasteiger partial charge in [-0.15, -0.1) is 0 Å². The molecule has 232 valence electrons. The van der Waals surface area contributed by atoms with Gasteiger partial charge in [0.2, 0.25) is 12.2 Å². The minimum atomic E-state index is -3.61. The summed E-state index contributed by atoms with van der Waals surface area (Å²) >= 11 is 17.7. The third kappa shape index (κ3) is 10.3. The van der Waals surface area contributed by atoms with Gasteiger partial charge in [-0.3, -0.25) is 9.97 Å². The highest BCUT2D eigenvalue weighted by Gasteiger charge is 2.46. The lowest BCUT2D eigenvalue weighted by molar-refractivity contribution is -0.249. The summed E-state index contributed by atoms with van der Waals surface area (Å²) in [5.41, 5.74) is 2.77. The fraction of sp³-hybridized carbons (Fsp3) is 0.406. The van der Waals surface area contributed by atoms with Gasteiger partial charge in [-0.25, -0.2) is 0 Å². The Morgan fingerprint density at radius 2 is 1.26 bits per heavy atom. The minimum absolute atomic E-state index is 0.0677. The Morgan fingerprint density at radius 1 is 0.791 bits per heavy atom. The zero-order valence-corrected chi connectivity index (χ0v) is 27.3. The van der Waals surface area contributed by atoms with E-state index in [-0.39, 0.29) is 43.7 Å². The molecule has 0 aromatic heterocycles. The van der Waals surface area contributed by atoms with Crippen molar-refractivity contribution >= 4 is 48.3 Å². The summed E-state index contributed by atoms with van der Waals surface area (Å²) in [6, 6.07) is 28.9. The molecule has 0 saturated carbocycles. The van der Waals surface area contributed by atoms with Gasteiger partial charge < -0.3 is 23.3 Å². The number of rotatable bonds is 13. The lowest BCUT2D eigenvalue weighted by Gasteiger charge is -2.44. The highest BCUT2D eigenvalue weighted by molar-refractivity contribution is 7.53. The number of alkyl halides is 3. The molecular weight excluding hydrogens is 632 g/mol. The summed E-state index contributed by atoms with van der Waals surface area (Å²) in [7, 11) is -3.61. The van der Waals surface area contributed by atoms with Gasteiger partial charge in [-0.2, -0.15) is 0 Å². The molecule has 1 fully saturated rings. The van der Waals surface area contributed by atoms with Crippen LogP contribution < -0.4 is 0 Å². The molecule has 1 aliphatic rings. The van der Waals surface area contributed by atoms with Gasteiger partial charge in [0.1, 0.15) is 0 Å². The Bertz CT molecular complexity index is 1280. The van der Waals surface area contributed by atoms with E-state index in [4.69, 9.17) is 63.5 Å². The predicted molar refractivity (Wildman–Crippen MR) is 171 cm³/mol. The first-order valence-electron chi connectivity index (χ1n) is 14.1. The molecule has 0 spiro atoms. The molecular formula is C32H37Cl3NO6P. The van der Waals surface area contributed by atoms with Gasteiger partial charge in [-0.1, -0.05) is 140 Å². The van der Waals surface area contributed by atoms with Crippen LogP contribution in [0.3, 0.4) is 0 Å². The standard InChI is InChI=1S/C32H37Cl3NO6P/c1-23-24(2)30(42-31(36)32(33,34)35)41-28(29(23)38-20-25-12-6-3-7-13-25)18-19-43(37,39-21-26-14-8-4-9-15-26)40-22-27-16-10-5-11-17-27/h3-17,23-24,28-30,36H,18-22H2,1-2H3/t23-,24+,28-,29+,30-/m1/s1. The Morgan fingerprint density at radius 3 is 1.72 bits per heavy atom. The molecule has 0 radical (unpaired) electrons. The highest BCUT2D eigenvalue weighted by atomic mass is 35.6. The Hall–Kier alpha value is -1.93. The molecule has 0 unspecified atom stereocenters. The van der Waals surface area contributed by atoms with E-state index in [0.29, 0.717) is 6.61 Å². The van der Waals surface area contributed by atoms with Crippen molar-refractivity contribution in [3.05, 3.63) is 108 Å². The normalized spacial score (nSPS) is 22.7. The van der Waals surface area contributed by atoms with Gasteiger partial charge in [0.15, 0.2) is 0 Å². The summed E-state index contributed by atoms with van der Waals surface area (Å²) in [5, 5.41) is 8.10. The number of hydrogen-bond acceptors (Lipinski definition) is 7. The Kier molecular flexibility index (Phi) is 12.5. The molecule has 4 rings (SSSR count). The minimum Gasteiger partial charge on any atom is -0.448 e. The van der Waals surface area contributed by atoms with Crippen molar-refractivity contribution in [2.45, 2.75) is 62.4 Å². The largest absolute Gasteiger partial charge is 0.448 e. The van der Waals surface area contributed by atoms with Crippen LogP contribution in [0.15, 0.2) is 91.0 Å². The van der Waals surface area contributed by atoms with Crippen LogP contribution in [-0.2, 0) is 47.6 Å². The first-order valence-corrected chi connectivity index (χ1v) is 17.0. The summed E-state index contributed by atoms with van der Waals surface area (Å²) in [5.74, 6) is -0.822. The third-order valence-corrected chi connectivity index (χ3v) is 9.82. The lowest BCUT2D eigenvalue weighted by Crippen LogP contribution is -2.52. The van der Waals surface area contributed by atoms with E-state index >= 15 is 0 Å². The molecule has 43 heavy (non-hydrogen) atoms. The van der Waals surface area contributed by atoms with E-state index in [0.717, 1.165) is 16.7 Å². The van der Waals surface area contributed by atoms with Crippen molar-refractivity contribution in [2.75, 3.05) is 6.16 Å². The Labute approximate surface area is 268 Å². The van der Waals surface area contributed by atoms with Crippen molar-refractivity contribution in [1.82, 2.24) is 0 Å². The fourth-order valence-electron chi connectivity index (χ4n) is 4.78. The maximum atomic E-state index is 14.2. The van der Waals surface area contributed by atoms with E-state index < -0.39 is 29.7 Å². The molecule has 0 bridgehead atoms. The van der Waals surface area contributed by atoms with Crippen LogP contribution in [0.25, 0.3) is 0 Å². The zero-order valence-electron chi connectivity index (χ0n) is 24.1. The van der Waals surface area contributed by atoms with E-state index in [2.05, 4.69) is 0 Å². The maximum absolute atomic E-state index is 14.2. The van der Waals surface area contributed by atoms with Crippen LogP contribution in [0.1, 0.15) is 37.0 Å². The Balaban J connectivity index is 1.52. The molecule has 11 heteroatoms. The highest BCUT2D eigenvalue weighted by Crippen LogP contribution is 2.51. The number of benzene rings is 3. The first-order chi connectivity index (χ1) is 20.5. The van der Waals surface area contributed by atoms with Crippen LogP contribution in [0.2, 0.25) is 0 Å². The van der Waals surface area contributed by atoms with Gasteiger partial charge in [-0.05, 0) is 29.0 Å². The molecule has 3 aromatic carbocycles. The average Bonchev–Trinajstić information content (AvgIpc) is 3.01. The number of halogens is 3. The van der Waals surface area contributed by atoms with Gasteiger partial charge in [0.05, 0.1) is 38.2 Å². The lowest BCUT2D eigenvalue weighted by atomic mass is 9.83. The molecule has 1 N–H and O–H groups in total. The number of nitrogens with one attached hydrogen (secondary N) is 1. The van der Waals surface area contributed by atoms with E-state index in [9.17, 15) is 4.57 Å². The molecule has 7 nitrogen and oxygen atoms in total. The van der Waals surface area contributed by atoms with E-state index in [1.807, 2.05) is 105 Å². The van der Waals surface area contributed by atoms with E-state index in [1.54, 1.807) is 0 Å². The van der Waals surface area contributed by atoms with Crippen LogP contribution in [-0.4, -0.2) is 34.4 Å². The third-order valence-electron chi connectivity index (χ3n) is 7.46. The van der Waals surface area contributed by atoms with Crippen molar-refractivity contribution < 1.29 is 27.8 Å². The van der Waals surface area contributed by atoms with Gasteiger partial charge >= 0.3 is 7.60 Å². The number of hydrogen-bond donors (Lipinski definition) is 1. The molecule has 1 aliphatic heterocycles. The van der Waals surface area contributed by atoms with Crippen molar-refractivity contribution in [2.24, 2.45) is 11.8 Å². The van der Waals surface area contributed by atoms with Crippen LogP contribution >= 0.6 is 42.4 Å². The maximum Gasteiger partial charge on any atom is 0.331 e. The SMILES string of the molecule is C[C@@H]1[C@@H](OC(=N)C(Cl)(Cl)Cl)O[C@H](CCP(=O)(OCc2ccccc2)OCc2ccccc2)[C@@H](OCc2ccccc2)[C@@H]1C. The predicted octanol–water partition coefficient (Wildman–Crippen LogP) is 8.95. The molecule has 0 aliphatic carbocycles. The first kappa shape index (κ1) is 34.0. The molecule has 0 amide bonds. The van der Waals surface area contributed by atoms with Crippen LogP contribution in [0, 0.1) is 17.2 Å². The quantitative estimate of drug-likeness (QED) is 0.0847. The van der Waals surface area contributed by atoms with E-state index in [1.165, 1.54) is 0 Å². The smallest absolute Gasteiger partial charge is 0.331 e. The fourth-order valence-corrected chi connectivity index (χ4v) is 6.51. The average molecular weight is 669 g/mol. The van der Waals surface area contributed by atoms with Crippen LogP contribution in [0.5, 0.6) is 0 Å². The van der Waals surface area contributed by atoms with Gasteiger partial charge in [0.25, 0.3) is 3.79 Å².